The number of hydrogen-bond donors (Lipinski definition) is 1. The van der Waals surface area contributed by atoms with Crippen LogP contribution in [0.2, 0.25) is 0 Å². The number of likely N-dealkylation sites (N-methyl/N-ethyl adjacent to an activating group) is 1. The number of anilines is 2. The van der Waals surface area contributed by atoms with E-state index in [4.69, 9.17) is 0 Å². The van der Waals surface area contributed by atoms with Gasteiger partial charge in [-0.1, -0.05) is 6.92 Å². The summed E-state index contributed by atoms with van der Waals surface area (Å²) in [7, 11) is 1.33. The number of amides is 1. The van der Waals surface area contributed by atoms with Gasteiger partial charge < -0.3 is 19.9 Å². The van der Waals surface area contributed by atoms with Crippen molar-refractivity contribution in [1.29, 1.82) is 0 Å². The number of rotatable bonds is 5. The number of piperazine rings is 1. The van der Waals surface area contributed by atoms with Crippen molar-refractivity contribution in [2.75, 3.05) is 50.1 Å². The maximum Gasteiger partial charge on any atom is 0.337 e. The number of methoxy groups -OCH3 is 1. The fourth-order valence-corrected chi connectivity index (χ4v) is 3.10. The minimum atomic E-state index is -0.419. The SMILES string of the molecule is CCN1CCN(c2ncc(C(=O)Nc3ccc(C(=O)OC)cc3)c(C)n2)CC1. The van der Waals surface area contributed by atoms with Crippen molar-refractivity contribution >= 4 is 23.5 Å². The Labute approximate surface area is 164 Å². The summed E-state index contributed by atoms with van der Waals surface area (Å²) in [6.07, 6.45) is 1.57. The molecule has 1 aliphatic heterocycles. The van der Waals surface area contributed by atoms with Crippen LogP contribution in [-0.2, 0) is 4.74 Å². The number of nitrogens with zero attached hydrogens (tertiary/aromatic N) is 4. The summed E-state index contributed by atoms with van der Waals surface area (Å²) in [4.78, 5) is 37.5. The second-order valence-corrected chi connectivity index (χ2v) is 6.61. The van der Waals surface area contributed by atoms with Gasteiger partial charge in [-0.25, -0.2) is 14.8 Å². The third kappa shape index (κ3) is 4.45. The summed E-state index contributed by atoms with van der Waals surface area (Å²) < 4.78 is 4.67. The quantitative estimate of drug-likeness (QED) is 0.790. The molecule has 0 spiro atoms. The van der Waals surface area contributed by atoms with Gasteiger partial charge in [-0.05, 0) is 37.7 Å². The van der Waals surface area contributed by atoms with Crippen molar-refractivity contribution < 1.29 is 14.3 Å². The highest BCUT2D eigenvalue weighted by Gasteiger charge is 2.20. The Morgan fingerprint density at radius 3 is 2.39 bits per heavy atom. The van der Waals surface area contributed by atoms with Gasteiger partial charge in [-0.2, -0.15) is 0 Å². The first kappa shape index (κ1) is 19.8. The lowest BCUT2D eigenvalue weighted by Gasteiger charge is -2.34. The first-order valence-corrected chi connectivity index (χ1v) is 9.32. The molecule has 1 fully saturated rings. The van der Waals surface area contributed by atoms with E-state index in [1.807, 2.05) is 6.92 Å². The smallest absolute Gasteiger partial charge is 0.337 e. The minimum absolute atomic E-state index is 0.286. The van der Waals surface area contributed by atoms with Crippen LogP contribution < -0.4 is 10.2 Å². The van der Waals surface area contributed by atoms with E-state index in [0.717, 1.165) is 32.7 Å². The molecule has 8 nitrogen and oxygen atoms in total. The number of nitrogens with one attached hydrogen (secondary N) is 1. The zero-order valence-electron chi connectivity index (χ0n) is 16.4. The molecule has 1 aromatic heterocycles. The van der Waals surface area contributed by atoms with Crippen LogP contribution in [0.4, 0.5) is 11.6 Å². The standard InChI is InChI=1S/C20H25N5O3/c1-4-24-9-11-25(12-10-24)20-21-13-17(14(2)22-20)18(26)23-16-7-5-15(6-8-16)19(27)28-3/h5-8,13H,4,9-12H2,1-3H3,(H,23,26). The third-order valence-corrected chi connectivity index (χ3v) is 4.88. The van der Waals surface area contributed by atoms with E-state index in [2.05, 4.69) is 36.7 Å². The minimum Gasteiger partial charge on any atom is -0.465 e. The van der Waals surface area contributed by atoms with E-state index in [1.54, 1.807) is 30.5 Å². The topological polar surface area (TPSA) is 87.7 Å². The molecule has 1 aliphatic rings. The average Bonchev–Trinajstić information content (AvgIpc) is 2.73. The van der Waals surface area contributed by atoms with Crippen molar-refractivity contribution in [3.8, 4) is 0 Å². The molecular formula is C20H25N5O3. The van der Waals surface area contributed by atoms with Crippen LogP contribution in [0.25, 0.3) is 0 Å². The van der Waals surface area contributed by atoms with Crippen LogP contribution in [0.5, 0.6) is 0 Å². The first-order valence-electron chi connectivity index (χ1n) is 9.32. The number of hydrogen-bond acceptors (Lipinski definition) is 7. The second-order valence-electron chi connectivity index (χ2n) is 6.61. The largest absolute Gasteiger partial charge is 0.465 e. The Morgan fingerprint density at radius 2 is 1.82 bits per heavy atom. The Kier molecular flexibility index (Phi) is 6.20. The average molecular weight is 383 g/mol. The molecule has 1 aromatic carbocycles. The predicted octanol–water partition coefficient (Wildman–Crippen LogP) is 1.97. The summed E-state index contributed by atoms with van der Waals surface area (Å²) in [5.41, 5.74) is 2.06. The summed E-state index contributed by atoms with van der Waals surface area (Å²) in [6, 6.07) is 6.51. The second kappa shape index (κ2) is 8.79. The molecule has 1 saturated heterocycles. The molecule has 0 unspecified atom stereocenters. The lowest BCUT2D eigenvalue weighted by atomic mass is 10.2. The Hall–Kier alpha value is -3.00. The Balaban J connectivity index is 1.66. The molecule has 0 bridgehead atoms. The molecule has 2 heterocycles. The van der Waals surface area contributed by atoms with Crippen molar-refractivity contribution in [1.82, 2.24) is 14.9 Å². The molecular weight excluding hydrogens is 358 g/mol. The Bertz CT molecular complexity index is 845. The van der Waals surface area contributed by atoms with E-state index in [-0.39, 0.29) is 5.91 Å². The van der Waals surface area contributed by atoms with Gasteiger partial charge in [0.1, 0.15) is 0 Å². The van der Waals surface area contributed by atoms with Gasteiger partial charge in [0.15, 0.2) is 0 Å². The van der Waals surface area contributed by atoms with Crippen LogP contribution in [-0.4, -0.2) is 66.6 Å². The number of benzene rings is 1. The zero-order chi connectivity index (χ0) is 20.1. The molecule has 0 aliphatic carbocycles. The van der Waals surface area contributed by atoms with E-state index in [9.17, 15) is 9.59 Å². The molecule has 3 rings (SSSR count). The highest BCUT2D eigenvalue weighted by atomic mass is 16.5. The molecule has 0 radical (unpaired) electrons. The zero-order valence-corrected chi connectivity index (χ0v) is 16.4. The van der Waals surface area contributed by atoms with E-state index in [1.165, 1.54) is 7.11 Å². The molecule has 2 aromatic rings. The van der Waals surface area contributed by atoms with Gasteiger partial charge in [0.2, 0.25) is 5.95 Å². The molecule has 0 atom stereocenters. The molecule has 1 amide bonds. The van der Waals surface area contributed by atoms with Crippen molar-refractivity contribution in [3.63, 3.8) is 0 Å². The number of carbonyl (C=O) groups is 2. The molecule has 1 N–H and O–H groups in total. The number of ether oxygens (including phenoxy) is 1. The number of aromatic nitrogens is 2. The van der Waals surface area contributed by atoms with Gasteiger partial charge in [-0.3, -0.25) is 4.79 Å². The number of esters is 1. The normalized spacial score (nSPS) is 14.6. The van der Waals surface area contributed by atoms with Crippen LogP contribution in [0.1, 0.15) is 33.3 Å². The van der Waals surface area contributed by atoms with Crippen LogP contribution in [0, 0.1) is 6.92 Å². The molecule has 148 valence electrons. The van der Waals surface area contributed by atoms with Crippen LogP contribution in [0.3, 0.4) is 0 Å². The van der Waals surface area contributed by atoms with E-state index in [0.29, 0.717) is 28.5 Å². The van der Waals surface area contributed by atoms with Gasteiger partial charge in [0.05, 0.1) is 23.9 Å². The van der Waals surface area contributed by atoms with Gasteiger partial charge >= 0.3 is 5.97 Å². The highest BCUT2D eigenvalue weighted by Crippen LogP contribution is 2.16. The summed E-state index contributed by atoms with van der Waals surface area (Å²) in [6.45, 7) is 8.76. The monoisotopic (exact) mass is 383 g/mol. The van der Waals surface area contributed by atoms with Gasteiger partial charge in [0.25, 0.3) is 5.91 Å². The van der Waals surface area contributed by atoms with Crippen molar-refractivity contribution in [2.45, 2.75) is 13.8 Å². The number of aryl methyl sites for hydroxylation is 1. The maximum atomic E-state index is 12.6. The lowest BCUT2D eigenvalue weighted by Crippen LogP contribution is -2.46. The van der Waals surface area contributed by atoms with E-state index < -0.39 is 5.97 Å². The molecule has 0 saturated carbocycles. The summed E-state index contributed by atoms with van der Waals surface area (Å²) in [5.74, 6) is -0.0459. The fourth-order valence-electron chi connectivity index (χ4n) is 3.10. The van der Waals surface area contributed by atoms with Crippen LogP contribution >= 0.6 is 0 Å². The fraction of sp³-hybridized carbons (Fsp3) is 0.400. The van der Waals surface area contributed by atoms with E-state index >= 15 is 0 Å². The lowest BCUT2D eigenvalue weighted by molar-refractivity contribution is 0.0600. The molecule has 28 heavy (non-hydrogen) atoms. The number of carbonyl (C=O) groups excluding carboxylic acids is 2. The third-order valence-electron chi connectivity index (χ3n) is 4.88. The Morgan fingerprint density at radius 1 is 1.14 bits per heavy atom. The maximum absolute atomic E-state index is 12.6. The summed E-state index contributed by atoms with van der Waals surface area (Å²) >= 11 is 0. The highest BCUT2D eigenvalue weighted by molar-refractivity contribution is 6.05. The van der Waals surface area contributed by atoms with Gasteiger partial charge in [-0.15, -0.1) is 0 Å². The van der Waals surface area contributed by atoms with Crippen LogP contribution in [0.15, 0.2) is 30.5 Å². The molecule has 8 heteroatoms. The summed E-state index contributed by atoms with van der Waals surface area (Å²) in [5, 5.41) is 2.80. The van der Waals surface area contributed by atoms with Crippen molar-refractivity contribution in [2.24, 2.45) is 0 Å². The van der Waals surface area contributed by atoms with Gasteiger partial charge in [0, 0.05) is 38.1 Å². The first-order chi connectivity index (χ1) is 13.5. The van der Waals surface area contributed by atoms with Crippen molar-refractivity contribution in [3.05, 3.63) is 47.3 Å². The predicted molar refractivity (Wildman–Crippen MR) is 107 cm³/mol.